The van der Waals surface area contributed by atoms with Crippen molar-refractivity contribution in [2.45, 2.75) is 86.9 Å². The van der Waals surface area contributed by atoms with Crippen LogP contribution in [0.1, 0.15) is 50.5 Å². The van der Waals surface area contributed by atoms with E-state index in [2.05, 4.69) is 42.9 Å². The zero-order valence-corrected chi connectivity index (χ0v) is 51.9. The molecule has 1 aromatic heterocycles. The van der Waals surface area contributed by atoms with Gasteiger partial charge in [-0.25, -0.2) is 9.78 Å². The molecular formula is C59H94Cl2N6O17S. The van der Waals surface area contributed by atoms with E-state index in [1.807, 2.05) is 30.0 Å². The summed E-state index contributed by atoms with van der Waals surface area (Å²) in [6.45, 7) is 14.3. The number of thioether (sulfide) groups is 1. The van der Waals surface area contributed by atoms with Crippen LogP contribution in [-0.2, 0) is 82.3 Å². The summed E-state index contributed by atoms with van der Waals surface area (Å²) in [5.41, 5.74) is 1.21. The Morgan fingerprint density at radius 2 is 1.15 bits per heavy atom. The summed E-state index contributed by atoms with van der Waals surface area (Å²) >= 11 is 14.3. The van der Waals surface area contributed by atoms with Gasteiger partial charge < -0.3 is 87.2 Å². The minimum Gasteiger partial charge on any atom is -0.463 e. The van der Waals surface area contributed by atoms with Gasteiger partial charge in [0.05, 0.1) is 184 Å². The van der Waals surface area contributed by atoms with Gasteiger partial charge in [0.25, 0.3) is 0 Å². The molecule has 5 atom stereocenters. The van der Waals surface area contributed by atoms with Gasteiger partial charge in [0, 0.05) is 71.9 Å². The minimum atomic E-state index is -0.318. The van der Waals surface area contributed by atoms with E-state index < -0.39 is 0 Å². The third-order valence-electron chi connectivity index (χ3n) is 14.4. The lowest BCUT2D eigenvalue weighted by molar-refractivity contribution is -0.155. The van der Waals surface area contributed by atoms with Gasteiger partial charge in [-0.15, -0.1) is 0 Å². The predicted molar refractivity (Wildman–Crippen MR) is 322 cm³/mol. The van der Waals surface area contributed by atoms with E-state index in [1.165, 1.54) is 5.56 Å². The number of pyridine rings is 1. The summed E-state index contributed by atoms with van der Waals surface area (Å²) in [6.07, 6.45) is 7.79. The second-order valence-corrected chi connectivity index (χ2v) is 22.8. The number of aromatic nitrogens is 1. The number of esters is 1. The highest BCUT2D eigenvalue weighted by atomic mass is 35.5. The number of hydrogen-bond donors (Lipinski definition) is 3. The lowest BCUT2D eigenvalue weighted by atomic mass is 9.96. The van der Waals surface area contributed by atoms with Gasteiger partial charge in [-0.2, -0.15) is 11.8 Å². The number of anilines is 1. The number of benzene rings is 1. The Hall–Kier alpha value is -3.25. The van der Waals surface area contributed by atoms with E-state index in [4.69, 9.17) is 89.5 Å². The first-order valence-electron chi connectivity index (χ1n) is 30.3. The second kappa shape index (κ2) is 45.1. The number of carbonyl (C=O) groups excluding carboxylic acids is 3. The molecule has 3 amide bonds. The Bertz CT molecular complexity index is 2080. The lowest BCUT2D eigenvalue weighted by Gasteiger charge is -2.46. The second-order valence-electron chi connectivity index (χ2n) is 20.7. The first-order chi connectivity index (χ1) is 41.8. The molecule has 4 saturated heterocycles. The molecule has 26 heteroatoms. The van der Waals surface area contributed by atoms with Gasteiger partial charge in [0.2, 0.25) is 5.91 Å². The molecule has 6 rings (SSSR count). The quantitative estimate of drug-likeness (QED) is 0.0465. The summed E-state index contributed by atoms with van der Waals surface area (Å²) < 4.78 is 78.5. The number of unbranched alkanes of at least 4 members (excludes halogenated alkanes) is 1. The summed E-state index contributed by atoms with van der Waals surface area (Å²) in [4.78, 5) is 45.6. The number of carbonyl (C=O) groups is 3. The Morgan fingerprint density at radius 3 is 1.68 bits per heavy atom. The Labute approximate surface area is 516 Å². The monoisotopic (exact) mass is 1260 g/mol. The molecule has 2 aromatic rings. The molecule has 5 heterocycles. The van der Waals surface area contributed by atoms with Crippen LogP contribution in [0.4, 0.5) is 10.6 Å². The summed E-state index contributed by atoms with van der Waals surface area (Å²) in [6, 6.07) is 12.7. The molecule has 482 valence electrons. The fraction of sp³-hybridized carbons (Fsp3) is 0.763. The van der Waals surface area contributed by atoms with Gasteiger partial charge in [-0.05, 0) is 61.9 Å². The summed E-state index contributed by atoms with van der Waals surface area (Å²) in [5.74, 6) is 1.58. The molecular weight excluding hydrogens is 1170 g/mol. The maximum atomic E-state index is 12.6. The fourth-order valence-corrected chi connectivity index (χ4v) is 11.8. The van der Waals surface area contributed by atoms with Crippen LogP contribution in [0.3, 0.4) is 0 Å². The topological polar surface area (TPSA) is 236 Å². The van der Waals surface area contributed by atoms with Crippen LogP contribution in [0.5, 0.6) is 0 Å². The first kappa shape index (κ1) is 70.8. The predicted octanol–water partition coefficient (Wildman–Crippen LogP) is 4.64. The molecule has 0 radical (unpaired) electrons. The number of fused-ring (bicyclic) bond motifs is 1. The third kappa shape index (κ3) is 31.2. The molecule has 4 aliphatic heterocycles. The number of ether oxygens (including phenoxy) is 14. The number of urea groups is 1. The Kier molecular flexibility index (Phi) is 37.6. The SMILES string of the molecule is O=C(CCCC[C@@H]1SC[C@@H]2NC(=O)N[C@@H]21)NCCOCCOCCOCCOCCOCCOCCOCCOCCOCCOCCOCCOCCC(=O)OC[C@H]1CN(C2CCN(c3cc(Cl)ccn3)CC2)[C@@H](Cc2ccc(Cl)cc2)CO1. The Balaban J connectivity index is 0.598. The van der Waals surface area contributed by atoms with Gasteiger partial charge in [0.15, 0.2) is 0 Å². The van der Waals surface area contributed by atoms with Crippen molar-refractivity contribution in [1.29, 1.82) is 0 Å². The van der Waals surface area contributed by atoms with Crippen LogP contribution in [-0.4, -0.2) is 267 Å². The van der Waals surface area contributed by atoms with Crippen molar-refractivity contribution in [1.82, 2.24) is 25.8 Å². The number of nitrogens with one attached hydrogen (secondary N) is 3. The molecule has 85 heavy (non-hydrogen) atoms. The summed E-state index contributed by atoms with van der Waals surface area (Å²) in [5, 5.41) is 10.7. The number of morpholine rings is 1. The van der Waals surface area contributed by atoms with Gasteiger partial charge >= 0.3 is 12.0 Å². The molecule has 4 fully saturated rings. The molecule has 0 aliphatic carbocycles. The van der Waals surface area contributed by atoms with E-state index in [9.17, 15) is 14.4 Å². The number of piperidine rings is 1. The van der Waals surface area contributed by atoms with Crippen molar-refractivity contribution < 1.29 is 80.7 Å². The Morgan fingerprint density at radius 1 is 0.635 bits per heavy atom. The van der Waals surface area contributed by atoms with Crippen molar-refractivity contribution in [2.75, 3.05) is 209 Å². The standard InChI is InChI=1S/C59H94Cl2N6O17S/c60-48-7-5-47(6-8-48)41-51-44-83-52(43-67(51)50-10-15-66(16-11-50)55-42-49(61)9-13-62-55)45-84-57(69)12-17-71-19-21-73-23-25-75-27-29-77-31-33-79-35-37-81-39-40-82-38-36-80-34-32-78-30-28-76-26-24-74-22-20-72-18-14-63-56(68)4-2-1-3-54-58-53(46-85-54)64-59(70)65-58/h5-9,13,42,50-54,58H,1-4,10-12,14-41,43-46H2,(H,63,68)(H2,64,65,70)/t51-,52+,53-,54-,58-/m0/s1. The number of nitrogens with zero attached hydrogens (tertiary/aromatic N) is 3. The van der Waals surface area contributed by atoms with E-state index in [0.717, 1.165) is 68.2 Å². The smallest absolute Gasteiger partial charge is 0.315 e. The minimum absolute atomic E-state index is 0.0366. The van der Waals surface area contributed by atoms with Crippen molar-refractivity contribution in [3.05, 3.63) is 58.2 Å². The van der Waals surface area contributed by atoms with Crippen LogP contribution in [0.25, 0.3) is 0 Å². The van der Waals surface area contributed by atoms with Crippen LogP contribution in [0.2, 0.25) is 10.0 Å². The van der Waals surface area contributed by atoms with Crippen LogP contribution >= 0.6 is 35.0 Å². The number of amides is 3. The maximum Gasteiger partial charge on any atom is 0.315 e. The van der Waals surface area contributed by atoms with Crippen LogP contribution in [0.15, 0.2) is 42.6 Å². The van der Waals surface area contributed by atoms with E-state index in [-0.39, 0.29) is 61.8 Å². The average molecular weight is 1260 g/mol. The normalized spacial score (nSPS) is 20.0. The van der Waals surface area contributed by atoms with E-state index in [1.54, 1.807) is 12.3 Å². The molecule has 0 unspecified atom stereocenters. The molecule has 3 N–H and O–H groups in total. The number of rotatable bonds is 50. The summed E-state index contributed by atoms with van der Waals surface area (Å²) in [7, 11) is 0. The van der Waals surface area contributed by atoms with Crippen molar-refractivity contribution in [3.63, 3.8) is 0 Å². The van der Waals surface area contributed by atoms with Gasteiger partial charge in [0.1, 0.15) is 18.5 Å². The van der Waals surface area contributed by atoms with Crippen LogP contribution < -0.4 is 20.9 Å². The van der Waals surface area contributed by atoms with Crippen molar-refractivity contribution >= 4 is 58.7 Å². The molecule has 0 bridgehead atoms. The number of halogens is 2. The highest BCUT2D eigenvalue weighted by molar-refractivity contribution is 8.00. The molecule has 4 aliphatic rings. The van der Waals surface area contributed by atoms with Crippen LogP contribution in [0, 0.1) is 0 Å². The van der Waals surface area contributed by atoms with E-state index in [0.29, 0.717) is 194 Å². The number of hydrogen-bond acceptors (Lipinski definition) is 21. The average Bonchev–Trinajstić information content (AvgIpc) is 4.10. The van der Waals surface area contributed by atoms with Gasteiger partial charge in [-0.1, -0.05) is 41.8 Å². The zero-order chi connectivity index (χ0) is 59.6. The van der Waals surface area contributed by atoms with E-state index >= 15 is 0 Å². The molecule has 23 nitrogen and oxygen atoms in total. The highest BCUT2D eigenvalue weighted by Gasteiger charge is 2.42. The third-order valence-corrected chi connectivity index (χ3v) is 16.4. The highest BCUT2D eigenvalue weighted by Crippen LogP contribution is 2.33. The van der Waals surface area contributed by atoms with Crippen molar-refractivity contribution in [2.24, 2.45) is 0 Å². The fourth-order valence-electron chi connectivity index (χ4n) is 9.95. The molecule has 0 saturated carbocycles. The molecule has 1 aromatic carbocycles. The molecule has 0 spiro atoms. The maximum absolute atomic E-state index is 12.6. The largest absolute Gasteiger partial charge is 0.463 e. The van der Waals surface area contributed by atoms with Gasteiger partial charge in [-0.3, -0.25) is 14.5 Å². The lowest BCUT2D eigenvalue weighted by Crippen LogP contribution is -2.58. The van der Waals surface area contributed by atoms with Crippen molar-refractivity contribution in [3.8, 4) is 0 Å². The zero-order valence-electron chi connectivity index (χ0n) is 49.5. The first-order valence-corrected chi connectivity index (χ1v) is 32.1.